The molecule has 0 aromatic carbocycles. The lowest BCUT2D eigenvalue weighted by Gasteiger charge is -2.23. The number of methoxy groups -OCH3 is 1. The van der Waals surface area contributed by atoms with Crippen LogP contribution in [-0.4, -0.2) is 37.1 Å². The molecule has 3 heteroatoms. The number of carbonyl (C=O) groups is 1. The topological polar surface area (TPSA) is 29.5 Å². The summed E-state index contributed by atoms with van der Waals surface area (Å²) in [7, 11) is 1.70. The Balaban J connectivity index is 0.000000921. The molecule has 1 saturated heterocycles. The van der Waals surface area contributed by atoms with Crippen molar-refractivity contribution >= 4 is 5.91 Å². The Bertz CT molecular complexity index is 171. The van der Waals surface area contributed by atoms with Crippen LogP contribution in [-0.2, 0) is 9.53 Å². The van der Waals surface area contributed by atoms with Gasteiger partial charge in [0.1, 0.15) is 0 Å². The van der Waals surface area contributed by atoms with Crippen LogP contribution in [0.25, 0.3) is 0 Å². The van der Waals surface area contributed by atoms with Crippen molar-refractivity contribution in [3.8, 4) is 0 Å². The van der Waals surface area contributed by atoms with E-state index in [-0.39, 0.29) is 0 Å². The van der Waals surface area contributed by atoms with Gasteiger partial charge in [0, 0.05) is 20.1 Å². The molecule has 1 amide bonds. The Kier molecular flexibility index (Phi) is 8.38. The van der Waals surface area contributed by atoms with Gasteiger partial charge in [-0.05, 0) is 12.8 Å². The molecule has 0 aromatic rings. The second kappa shape index (κ2) is 8.72. The molecule has 1 aliphatic rings. The Labute approximate surface area is 93.8 Å². The molecule has 1 atom stereocenters. The van der Waals surface area contributed by atoms with Gasteiger partial charge in [0.15, 0.2) is 0 Å². The molecular weight excluding hydrogens is 190 g/mol. The lowest BCUT2D eigenvalue weighted by atomic mass is 10.2. The summed E-state index contributed by atoms with van der Waals surface area (Å²) in [5.74, 6) is 0.301. The van der Waals surface area contributed by atoms with E-state index >= 15 is 0 Å². The molecule has 0 aromatic heterocycles. The molecule has 0 aliphatic carbocycles. The van der Waals surface area contributed by atoms with Gasteiger partial charge in [-0.2, -0.15) is 0 Å². The fraction of sp³-hybridized carbons (Fsp3) is 0.917. The lowest BCUT2D eigenvalue weighted by molar-refractivity contribution is -0.129. The lowest BCUT2D eigenvalue weighted by Crippen LogP contribution is -2.36. The summed E-state index contributed by atoms with van der Waals surface area (Å²) in [6, 6.07) is 0.337. The highest BCUT2D eigenvalue weighted by atomic mass is 16.5. The summed E-state index contributed by atoms with van der Waals surface area (Å²) in [5, 5.41) is 0. The van der Waals surface area contributed by atoms with Crippen LogP contribution in [0.5, 0.6) is 0 Å². The highest BCUT2D eigenvalue weighted by Crippen LogP contribution is 2.19. The van der Waals surface area contributed by atoms with Gasteiger partial charge in [-0.15, -0.1) is 0 Å². The zero-order valence-corrected chi connectivity index (χ0v) is 10.6. The highest BCUT2D eigenvalue weighted by molar-refractivity contribution is 5.78. The molecule has 1 heterocycles. The summed E-state index contributed by atoms with van der Waals surface area (Å²) in [4.78, 5) is 13.4. The quantitative estimate of drug-likeness (QED) is 0.705. The zero-order valence-electron chi connectivity index (χ0n) is 10.6. The summed E-state index contributed by atoms with van der Waals surface area (Å²) >= 11 is 0. The van der Waals surface area contributed by atoms with Crippen LogP contribution >= 0.6 is 0 Å². The van der Waals surface area contributed by atoms with E-state index in [1.807, 2.05) is 18.7 Å². The van der Waals surface area contributed by atoms with E-state index in [1.165, 1.54) is 0 Å². The molecule has 0 unspecified atom stereocenters. The van der Waals surface area contributed by atoms with Crippen LogP contribution < -0.4 is 0 Å². The maximum Gasteiger partial charge on any atom is 0.222 e. The molecule has 1 rings (SSSR count). The highest BCUT2D eigenvalue weighted by Gasteiger charge is 2.29. The third-order valence-electron chi connectivity index (χ3n) is 2.56. The van der Waals surface area contributed by atoms with Crippen LogP contribution in [0.4, 0.5) is 0 Å². The Morgan fingerprint density at radius 2 is 2.13 bits per heavy atom. The van der Waals surface area contributed by atoms with Crippen molar-refractivity contribution in [2.24, 2.45) is 0 Å². The van der Waals surface area contributed by atoms with Crippen molar-refractivity contribution < 1.29 is 9.53 Å². The van der Waals surface area contributed by atoms with Crippen molar-refractivity contribution in [3.63, 3.8) is 0 Å². The van der Waals surface area contributed by atoms with E-state index in [0.717, 1.165) is 25.8 Å². The number of likely N-dealkylation sites (tertiary alicyclic amines) is 1. The van der Waals surface area contributed by atoms with Crippen molar-refractivity contribution in [3.05, 3.63) is 0 Å². The molecule has 3 nitrogen and oxygen atoms in total. The van der Waals surface area contributed by atoms with Gasteiger partial charge >= 0.3 is 0 Å². The Morgan fingerprint density at radius 3 is 2.67 bits per heavy atom. The van der Waals surface area contributed by atoms with Gasteiger partial charge in [0.25, 0.3) is 0 Å². The molecule has 0 saturated carbocycles. The van der Waals surface area contributed by atoms with Gasteiger partial charge in [-0.25, -0.2) is 0 Å². The molecule has 0 N–H and O–H groups in total. The smallest absolute Gasteiger partial charge is 0.222 e. The first-order valence-electron chi connectivity index (χ1n) is 6.08. The van der Waals surface area contributed by atoms with Gasteiger partial charge in [-0.3, -0.25) is 4.79 Å². The molecule has 1 fully saturated rings. The molecule has 90 valence electrons. The summed E-state index contributed by atoms with van der Waals surface area (Å²) < 4.78 is 5.09. The first kappa shape index (κ1) is 14.4. The third kappa shape index (κ3) is 4.65. The number of ether oxygens (including phenoxy) is 1. The minimum atomic E-state index is 0.301. The predicted octanol–water partition coefficient (Wildman–Crippen LogP) is 2.45. The van der Waals surface area contributed by atoms with Gasteiger partial charge in [0.2, 0.25) is 5.91 Å². The van der Waals surface area contributed by atoms with Crippen LogP contribution in [0.15, 0.2) is 0 Å². The second-order valence-electron chi connectivity index (χ2n) is 3.59. The summed E-state index contributed by atoms with van der Waals surface area (Å²) in [6.45, 7) is 7.74. The molecule has 15 heavy (non-hydrogen) atoms. The minimum absolute atomic E-state index is 0.301. The normalized spacial score (nSPS) is 20.1. The van der Waals surface area contributed by atoms with Gasteiger partial charge in [-0.1, -0.05) is 27.2 Å². The number of unbranched alkanes of at least 4 members (excludes halogenated alkanes) is 1. The van der Waals surface area contributed by atoms with Crippen LogP contribution in [0.3, 0.4) is 0 Å². The number of hydrogen-bond acceptors (Lipinski definition) is 2. The van der Waals surface area contributed by atoms with Gasteiger partial charge < -0.3 is 9.64 Å². The number of hydrogen-bond donors (Lipinski definition) is 0. The number of nitrogens with zero attached hydrogens (tertiary/aromatic N) is 1. The third-order valence-corrected chi connectivity index (χ3v) is 2.56. The van der Waals surface area contributed by atoms with E-state index in [9.17, 15) is 4.79 Å². The molecule has 1 aliphatic heterocycles. The number of carbonyl (C=O) groups excluding carboxylic acids is 1. The van der Waals surface area contributed by atoms with E-state index in [2.05, 4.69) is 6.92 Å². The first-order chi connectivity index (χ1) is 7.29. The van der Waals surface area contributed by atoms with Gasteiger partial charge in [0.05, 0.1) is 12.6 Å². The Hall–Kier alpha value is -0.570. The molecule has 0 radical (unpaired) electrons. The first-order valence-corrected chi connectivity index (χ1v) is 6.08. The average Bonchev–Trinajstić information content (AvgIpc) is 2.61. The van der Waals surface area contributed by atoms with Crippen molar-refractivity contribution in [1.29, 1.82) is 0 Å². The fourth-order valence-electron chi connectivity index (χ4n) is 1.79. The molecule has 0 bridgehead atoms. The fourth-order valence-corrected chi connectivity index (χ4v) is 1.79. The SMILES string of the molecule is CC.CCCCN1C(=O)CC[C@@H]1COC. The van der Waals surface area contributed by atoms with Crippen LogP contribution in [0, 0.1) is 0 Å². The zero-order chi connectivity index (χ0) is 11.7. The Morgan fingerprint density at radius 1 is 1.47 bits per heavy atom. The van der Waals surface area contributed by atoms with E-state index in [0.29, 0.717) is 25.0 Å². The maximum absolute atomic E-state index is 11.4. The van der Waals surface area contributed by atoms with E-state index in [4.69, 9.17) is 4.74 Å². The van der Waals surface area contributed by atoms with Crippen molar-refractivity contribution in [2.45, 2.75) is 52.5 Å². The van der Waals surface area contributed by atoms with Crippen LogP contribution in [0.2, 0.25) is 0 Å². The van der Waals surface area contributed by atoms with Crippen molar-refractivity contribution in [1.82, 2.24) is 4.90 Å². The predicted molar refractivity (Wildman–Crippen MR) is 62.9 cm³/mol. The summed E-state index contributed by atoms with van der Waals surface area (Å²) in [5.41, 5.74) is 0. The largest absolute Gasteiger partial charge is 0.383 e. The average molecular weight is 215 g/mol. The number of rotatable bonds is 5. The number of amides is 1. The minimum Gasteiger partial charge on any atom is -0.383 e. The molecular formula is C12H25NO2. The standard InChI is InChI=1S/C10H19NO2.C2H6/c1-3-4-7-11-9(8-13-2)5-6-10(11)12;1-2/h9H,3-8H2,1-2H3;1-2H3/t9-;/m1./s1. The maximum atomic E-state index is 11.4. The molecule has 0 spiro atoms. The second-order valence-corrected chi connectivity index (χ2v) is 3.59. The summed E-state index contributed by atoms with van der Waals surface area (Å²) in [6.07, 6.45) is 3.92. The van der Waals surface area contributed by atoms with E-state index < -0.39 is 0 Å². The van der Waals surface area contributed by atoms with E-state index in [1.54, 1.807) is 7.11 Å². The van der Waals surface area contributed by atoms with Crippen LogP contribution in [0.1, 0.15) is 46.5 Å². The van der Waals surface area contributed by atoms with Crippen molar-refractivity contribution in [2.75, 3.05) is 20.3 Å². The monoisotopic (exact) mass is 215 g/mol.